The fraction of sp³-hybridized carbons (Fsp3) is 0.316. The fourth-order valence-electron chi connectivity index (χ4n) is 2.90. The standard InChI is InChI=1S/C19H19F3N2O3S/c1-12-4-7-15(10-13(12)2)24-11-18(25,19(20,21)22)23-17(24)14-5-8-16(9-6-14)28(3,26)27/h4-10,25H,11H2,1-3H3. The van der Waals surface area contributed by atoms with Crippen molar-refractivity contribution in [2.75, 3.05) is 17.7 Å². The summed E-state index contributed by atoms with van der Waals surface area (Å²) in [6.45, 7) is 2.93. The highest BCUT2D eigenvalue weighted by Gasteiger charge is 2.58. The molecule has 1 heterocycles. The van der Waals surface area contributed by atoms with Gasteiger partial charge in [-0.2, -0.15) is 13.2 Å². The number of hydrogen-bond donors (Lipinski definition) is 1. The minimum atomic E-state index is -4.96. The van der Waals surface area contributed by atoms with E-state index in [-0.39, 0.29) is 16.3 Å². The molecule has 9 heteroatoms. The third-order valence-corrected chi connectivity index (χ3v) is 5.85. The number of alkyl halides is 3. The Bertz CT molecular complexity index is 1050. The Kier molecular flexibility index (Phi) is 4.79. The molecule has 0 saturated carbocycles. The van der Waals surface area contributed by atoms with E-state index in [0.717, 1.165) is 17.4 Å². The molecule has 28 heavy (non-hydrogen) atoms. The van der Waals surface area contributed by atoms with E-state index in [1.807, 2.05) is 13.8 Å². The Morgan fingerprint density at radius 1 is 1.07 bits per heavy atom. The fourth-order valence-corrected chi connectivity index (χ4v) is 3.53. The zero-order valence-electron chi connectivity index (χ0n) is 15.4. The van der Waals surface area contributed by atoms with E-state index < -0.39 is 28.3 Å². The lowest BCUT2D eigenvalue weighted by molar-refractivity contribution is -0.249. The van der Waals surface area contributed by atoms with Gasteiger partial charge in [-0.3, -0.25) is 0 Å². The van der Waals surface area contributed by atoms with Gasteiger partial charge in [0.25, 0.3) is 5.72 Å². The summed E-state index contributed by atoms with van der Waals surface area (Å²) < 4.78 is 63.5. The van der Waals surface area contributed by atoms with Crippen LogP contribution in [-0.2, 0) is 9.84 Å². The molecule has 0 radical (unpaired) electrons. The summed E-state index contributed by atoms with van der Waals surface area (Å²) >= 11 is 0. The number of β-amino-alcohol motifs (C(OH)–C–C–N with tert-alkyl or cyclic N) is 1. The van der Waals surface area contributed by atoms with Gasteiger partial charge in [0.1, 0.15) is 5.84 Å². The van der Waals surface area contributed by atoms with Crippen molar-refractivity contribution in [3.05, 3.63) is 59.2 Å². The highest BCUT2D eigenvalue weighted by molar-refractivity contribution is 7.90. The Morgan fingerprint density at radius 3 is 2.18 bits per heavy atom. The molecule has 2 aromatic rings. The van der Waals surface area contributed by atoms with E-state index in [0.29, 0.717) is 5.69 Å². The van der Waals surface area contributed by atoms with Crippen LogP contribution < -0.4 is 4.90 Å². The van der Waals surface area contributed by atoms with Crippen molar-refractivity contribution < 1.29 is 26.7 Å². The topological polar surface area (TPSA) is 70.0 Å². The summed E-state index contributed by atoms with van der Waals surface area (Å²) in [4.78, 5) is 4.91. The van der Waals surface area contributed by atoms with Gasteiger partial charge in [-0.05, 0) is 61.4 Å². The van der Waals surface area contributed by atoms with Crippen LogP contribution in [0.25, 0.3) is 0 Å². The van der Waals surface area contributed by atoms with Crippen LogP contribution in [0, 0.1) is 13.8 Å². The van der Waals surface area contributed by atoms with Crippen LogP contribution in [0.5, 0.6) is 0 Å². The Hall–Kier alpha value is -2.39. The summed E-state index contributed by atoms with van der Waals surface area (Å²) in [5.41, 5.74) is -0.673. The first-order chi connectivity index (χ1) is 12.8. The van der Waals surface area contributed by atoms with Gasteiger partial charge in [0.15, 0.2) is 9.84 Å². The minimum absolute atomic E-state index is 0.0404. The second-order valence-corrected chi connectivity index (χ2v) is 8.92. The molecule has 0 amide bonds. The van der Waals surface area contributed by atoms with Crippen LogP contribution in [0.4, 0.5) is 18.9 Å². The Labute approximate surface area is 161 Å². The summed E-state index contributed by atoms with van der Waals surface area (Å²) in [7, 11) is -3.45. The largest absolute Gasteiger partial charge is 0.440 e. The number of rotatable bonds is 3. The maximum absolute atomic E-state index is 13.4. The second-order valence-electron chi connectivity index (χ2n) is 6.90. The summed E-state index contributed by atoms with van der Waals surface area (Å²) in [6, 6.07) is 10.5. The molecule has 1 atom stereocenters. The van der Waals surface area contributed by atoms with Crippen molar-refractivity contribution in [2.45, 2.75) is 30.6 Å². The lowest BCUT2D eigenvalue weighted by Crippen LogP contribution is -2.47. The predicted molar refractivity (Wildman–Crippen MR) is 100 cm³/mol. The highest BCUT2D eigenvalue weighted by Crippen LogP contribution is 2.39. The lowest BCUT2D eigenvalue weighted by Gasteiger charge is -2.26. The molecule has 0 bridgehead atoms. The van der Waals surface area contributed by atoms with Crippen molar-refractivity contribution in [1.29, 1.82) is 0 Å². The lowest BCUT2D eigenvalue weighted by atomic mass is 10.1. The third kappa shape index (κ3) is 3.64. The van der Waals surface area contributed by atoms with Gasteiger partial charge in [-0.15, -0.1) is 0 Å². The molecule has 0 saturated heterocycles. The van der Waals surface area contributed by atoms with E-state index in [9.17, 15) is 26.7 Å². The molecule has 1 aliphatic heterocycles. The summed E-state index contributed by atoms with van der Waals surface area (Å²) in [5.74, 6) is -0.0804. The monoisotopic (exact) mass is 412 g/mol. The average Bonchev–Trinajstić information content (AvgIpc) is 2.96. The number of sulfone groups is 1. The summed E-state index contributed by atoms with van der Waals surface area (Å²) in [5, 5.41) is 10.1. The number of aryl methyl sites for hydroxylation is 2. The molecule has 150 valence electrons. The molecular formula is C19H19F3N2O3S. The van der Waals surface area contributed by atoms with Crippen LogP contribution in [0.3, 0.4) is 0 Å². The predicted octanol–water partition coefficient (Wildman–Crippen LogP) is 3.22. The number of aliphatic imine (C=N–C) groups is 1. The number of benzene rings is 2. The molecule has 1 aliphatic rings. The normalized spacial score (nSPS) is 20.4. The van der Waals surface area contributed by atoms with E-state index >= 15 is 0 Å². The van der Waals surface area contributed by atoms with Crippen LogP contribution in [-0.4, -0.2) is 44.1 Å². The average molecular weight is 412 g/mol. The maximum atomic E-state index is 13.4. The molecule has 3 rings (SSSR count). The van der Waals surface area contributed by atoms with Gasteiger partial charge in [-0.1, -0.05) is 6.07 Å². The number of halogens is 3. The first-order valence-corrected chi connectivity index (χ1v) is 10.3. The number of anilines is 1. The van der Waals surface area contributed by atoms with E-state index in [1.165, 1.54) is 29.2 Å². The van der Waals surface area contributed by atoms with E-state index in [2.05, 4.69) is 4.99 Å². The smallest absolute Gasteiger partial charge is 0.361 e. The molecular weight excluding hydrogens is 393 g/mol. The van der Waals surface area contributed by atoms with Gasteiger partial charge in [0, 0.05) is 17.5 Å². The van der Waals surface area contributed by atoms with Gasteiger partial charge in [-0.25, -0.2) is 13.4 Å². The van der Waals surface area contributed by atoms with Crippen LogP contribution in [0.1, 0.15) is 16.7 Å². The highest BCUT2D eigenvalue weighted by atomic mass is 32.2. The number of nitrogens with zero attached hydrogens (tertiary/aromatic N) is 2. The summed E-state index contributed by atoms with van der Waals surface area (Å²) in [6.07, 6.45) is -3.92. The van der Waals surface area contributed by atoms with E-state index in [4.69, 9.17) is 0 Å². The maximum Gasteiger partial charge on any atom is 0.440 e. The van der Waals surface area contributed by atoms with Crippen molar-refractivity contribution >= 4 is 21.4 Å². The molecule has 2 aromatic carbocycles. The zero-order chi connectivity index (χ0) is 20.9. The molecule has 0 spiro atoms. The van der Waals surface area contributed by atoms with Crippen molar-refractivity contribution in [3.63, 3.8) is 0 Å². The Balaban J connectivity index is 2.11. The minimum Gasteiger partial charge on any atom is -0.361 e. The van der Waals surface area contributed by atoms with Crippen LogP contribution in [0.2, 0.25) is 0 Å². The first kappa shape index (κ1) is 20.3. The molecule has 1 unspecified atom stereocenters. The third-order valence-electron chi connectivity index (χ3n) is 4.72. The van der Waals surface area contributed by atoms with Gasteiger partial charge in [0.2, 0.25) is 0 Å². The quantitative estimate of drug-likeness (QED) is 0.841. The van der Waals surface area contributed by atoms with Crippen molar-refractivity contribution in [3.8, 4) is 0 Å². The first-order valence-electron chi connectivity index (χ1n) is 8.36. The SMILES string of the molecule is Cc1ccc(N2CC(O)(C(F)(F)F)N=C2c2ccc(S(C)(=O)=O)cc2)cc1C. The molecule has 1 N–H and O–H groups in total. The molecule has 0 aliphatic carbocycles. The second kappa shape index (κ2) is 6.59. The molecule has 0 fully saturated rings. The molecule has 5 nitrogen and oxygen atoms in total. The number of hydrogen-bond acceptors (Lipinski definition) is 5. The Morgan fingerprint density at radius 2 is 1.68 bits per heavy atom. The van der Waals surface area contributed by atoms with Crippen LogP contribution >= 0.6 is 0 Å². The van der Waals surface area contributed by atoms with E-state index in [1.54, 1.807) is 18.2 Å². The zero-order valence-corrected chi connectivity index (χ0v) is 16.3. The van der Waals surface area contributed by atoms with Gasteiger partial charge in [0.05, 0.1) is 11.4 Å². The molecule has 0 aromatic heterocycles. The van der Waals surface area contributed by atoms with Crippen LogP contribution in [0.15, 0.2) is 52.4 Å². The number of amidine groups is 1. The number of aliphatic hydroxyl groups is 1. The van der Waals surface area contributed by atoms with Crippen molar-refractivity contribution in [2.24, 2.45) is 4.99 Å². The van der Waals surface area contributed by atoms with Crippen molar-refractivity contribution in [1.82, 2.24) is 0 Å². The van der Waals surface area contributed by atoms with Gasteiger partial charge >= 0.3 is 6.18 Å². The van der Waals surface area contributed by atoms with Gasteiger partial charge < -0.3 is 10.0 Å².